The van der Waals surface area contributed by atoms with Gasteiger partial charge in [-0.15, -0.1) is 5.10 Å². The molecule has 7 heteroatoms. The van der Waals surface area contributed by atoms with Gasteiger partial charge in [-0.3, -0.25) is 4.79 Å². The number of fused-ring (bicyclic) bond motifs is 1. The molecule has 0 amide bonds. The molecule has 0 aliphatic carbocycles. The Morgan fingerprint density at radius 1 is 1.17 bits per heavy atom. The van der Waals surface area contributed by atoms with E-state index in [-0.39, 0.29) is 5.56 Å². The minimum atomic E-state index is -0.119. The SMILES string of the molecule is O=c1c2ccnn2ccn1Cc1ccc(Cl)nn1. The third kappa shape index (κ3) is 1.86. The topological polar surface area (TPSA) is 65.1 Å². The van der Waals surface area contributed by atoms with Gasteiger partial charge in [0.15, 0.2) is 5.15 Å². The number of nitrogens with zero attached hydrogens (tertiary/aromatic N) is 5. The van der Waals surface area contributed by atoms with E-state index in [4.69, 9.17) is 11.6 Å². The van der Waals surface area contributed by atoms with Gasteiger partial charge >= 0.3 is 0 Å². The lowest BCUT2D eigenvalue weighted by Gasteiger charge is -2.04. The first-order valence-corrected chi connectivity index (χ1v) is 5.63. The van der Waals surface area contributed by atoms with Crippen molar-refractivity contribution >= 4 is 17.1 Å². The minimum Gasteiger partial charge on any atom is -0.306 e. The molecule has 18 heavy (non-hydrogen) atoms. The number of hydrogen-bond acceptors (Lipinski definition) is 4. The van der Waals surface area contributed by atoms with Crippen LogP contribution in [0.3, 0.4) is 0 Å². The zero-order valence-corrected chi connectivity index (χ0v) is 9.95. The molecule has 3 rings (SSSR count). The van der Waals surface area contributed by atoms with Crippen LogP contribution in [0.5, 0.6) is 0 Å². The highest BCUT2D eigenvalue weighted by atomic mass is 35.5. The van der Waals surface area contributed by atoms with Gasteiger partial charge in [0.2, 0.25) is 0 Å². The molecule has 0 radical (unpaired) electrons. The molecule has 3 aromatic rings. The van der Waals surface area contributed by atoms with E-state index in [1.54, 1.807) is 41.4 Å². The third-order valence-corrected chi connectivity index (χ3v) is 2.76. The van der Waals surface area contributed by atoms with Crippen molar-refractivity contribution in [2.24, 2.45) is 0 Å². The van der Waals surface area contributed by atoms with Crippen LogP contribution in [0.2, 0.25) is 5.15 Å². The fraction of sp³-hybridized carbons (Fsp3) is 0.0909. The Balaban J connectivity index is 2.02. The van der Waals surface area contributed by atoms with Crippen LogP contribution >= 0.6 is 11.6 Å². The van der Waals surface area contributed by atoms with Crippen molar-refractivity contribution in [3.05, 3.63) is 58.0 Å². The van der Waals surface area contributed by atoms with E-state index in [9.17, 15) is 4.79 Å². The minimum absolute atomic E-state index is 0.119. The fourth-order valence-electron chi connectivity index (χ4n) is 1.69. The lowest BCUT2D eigenvalue weighted by molar-refractivity contribution is 0.713. The van der Waals surface area contributed by atoms with Crippen LogP contribution in [-0.4, -0.2) is 24.4 Å². The van der Waals surface area contributed by atoms with Gasteiger partial charge in [-0.1, -0.05) is 11.6 Å². The molecule has 90 valence electrons. The second-order valence-corrected chi connectivity index (χ2v) is 4.13. The predicted molar refractivity (Wildman–Crippen MR) is 65.6 cm³/mol. The van der Waals surface area contributed by atoms with Crippen molar-refractivity contribution < 1.29 is 0 Å². The predicted octanol–water partition coefficient (Wildman–Crippen LogP) is 0.988. The van der Waals surface area contributed by atoms with E-state index in [2.05, 4.69) is 15.3 Å². The van der Waals surface area contributed by atoms with Gasteiger partial charge in [-0.05, 0) is 18.2 Å². The van der Waals surface area contributed by atoms with Crippen LogP contribution in [0.25, 0.3) is 5.52 Å². The summed E-state index contributed by atoms with van der Waals surface area (Å²) in [5.41, 5.74) is 1.08. The highest BCUT2D eigenvalue weighted by Gasteiger charge is 2.04. The van der Waals surface area contributed by atoms with Crippen LogP contribution in [-0.2, 0) is 6.54 Å². The maximum absolute atomic E-state index is 12.1. The van der Waals surface area contributed by atoms with Crippen LogP contribution < -0.4 is 5.56 Å². The molecule has 0 bridgehead atoms. The summed E-state index contributed by atoms with van der Waals surface area (Å²) >= 11 is 5.66. The van der Waals surface area contributed by atoms with E-state index in [0.29, 0.717) is 22.9 Å². The van der Waals surface area contributed by atoms with E-state index in [1.807, 2.05) is 0 Å². The number of aromatic nitrogens is 5. The first kappa shape index (κ1) is 10.9. The summed E-state index contributed by atoms with van der Waals surface area (Å²) < 4.78 is 3.08. The zero-order chi connectivity index (χ0) is 12.5. The van der Waals surface area contributed by atoms with Crippen molar-refractivity contribution in [1.82, 2.24) is 24.4 Å². The van der Waals surface area contributed by atoms with Crippen LogP contribution in [0.4, 0.5) is 0 Å². The molecule has 0 aliphatic heterocycles. The van der Waals surface area contributed by atoms with Crippen molar-refractivity contribution in [1.29, 1.82) is 0 Å². The standard InChI is InChI=1S/C11H8ClN5O/c12-10-2-1-8(14-15-10)7-16-5-6-17-9(11(16)18)3-4-13-17/h1-6H,7H2. The molecule has 6 nitrogen and oxygen atoms in total. The molecule has 0 aromatic carbocycles. The van der Waals surface area contributed by atoms with Crippen molar-refractivity contribution in [2.75, 3.05) is 0 Å². The maximum Gasteiger partial charge on any atom is 0.276 e. The molecular weight excluding hydrogens is 254 g/mol. The number of halogens is 1. The molecule has 0 saturated carbocycles. The second-order valence-electron chi connectivity index (χ2n) is 3.74. The van der Waals surface area contributed by atoms with Crippen LogP contribution in [0.1, 0.15) is 5.69 Å². The molecule has 0 saturated heterocycles. The van der Waals surface area contributed by atoms with Gasteiger partial charge in [0.05, 0.1) is 18.4 Å². The Bertz CT molecular complexity index is 746. The lowest BCUT2D eigenvalue weighted by atomic mass is 10.4. The molecule has 0 atom stereocenters. The van der Waals surface area contributed by atoms with Gasteiger partial charge in [0, 0.05) is 12.4 Å². The summed E-state index contributed by atoms with van der Waals surface area (Å²) in [6, 6.07) is 5.06. The van der Waals surface area contributed by atoms with Gasteiger partial charge in [0.1, 0.15) is 5.52 Å². The van der Waals surface area contributed by atoms with Crippen molar-refractivity contribution in [3.8, 4) is 0 Å². The average Bonchev–Trinajstić information content (AvgIpc) is 2.84. The van der Waals surface area contributed by atoms with Gasteiger partial charge in [-0.25, -0.2) is 4.52 Å². The van der Waals surface area contributed by atoms with Crippen LogP contribution in [0, 0.1) is 0 Å². The molecule has 0 aliphatic rings. The van der Waals surface area contributed by atoms with Crippen molar-refractivity contribution in [3.63, 3.8) is 0 Å². The summed E-state index contributed by atoms with van der Waals surface area (Å²) in [5, 5.41) is 12.0. The quantitative estimate of drug-likeness (QED) is 0.690. The monoisotopic (exact) mass is 261 g/mol. The van der Waals surface area contributed by atoms with E-state index < -0.39 is 0 Å². The second kappa shape index (κ2) is 4.23. The Labute approximate surface area is 106 Å². The summed E-state index contributed by atoms with van der Waals surface area (Å²) in [4.78, 5) is 12.1. The maximum atomic E-state index is 12.1. The summed E-state index contributed by atoms with van der Waals surface area (Å²) in [5.74, 6) is 0. The van der Waals surface area contributed by atoms with Crippen LogP contribution in [0.15, 0.2) is 41.6 Å². The first-order chi connectivity index (χ1) is 8.74. The highest BCUT2D eigenvalue weighted by molar-refractivity contribution is 6.29. The molecule has 0 N–H and O–H groups in total. The van der Waals surface area contributed by atoms with E-state index in [1.165, 1.54) is 4.52 Å². The van der Waals surface area contributed by atoms with Crippen molar-refractivity contribution in [2.45, 2.75) is 6.54 Å². The Kier molecular flexibility index (Phi) is 2.56. The normalized spacial score (nSPS) is 10.9. The van der Waals surface area contributed by atoms with E-state index >= 15 is 0 Å². The summed E-state index contributed by atoms with van der Waals surface area (Å²) in [6.07, 6.45) is 4.97. The van der Waals surface area contributed by atoms with Gasteiger partial charge in [0.25, 0.3) is 5.56 Å². The molecular formula is C11H8ClN5O. The Morgan fingerprint density at radius 3 is 2.83 bits per heavy atom. The third-order valence-electron chi connectivity index (χ3n) is 2.56. The molecule has 0 spiro atoms. The Hall–Kier alpha value is -2.21. The zero-order valence-electron chi connectivity index (χ0n) is 9.19. The summed E-state index contributed by atoms with van der Waals surface area (Å²) in [6.45, 7) is 0.352. The lowest BCUT2D eigenvalue weighted by Crippen LogP contribution is -2.22. The highest BCUT2D eigenvalue weighted by Crippen LogP contribution is 2.03. The number of hydrogen-bond donors (Lipinski definition) is 0. The fourth-order valence-corrected chi connectivity index (χ4v) is 1.79. The van der Waals surface area contributed by atoms with Gasteiger partial charge < -0.3 is 4.57 Å². The largest absolute Gasteiger partial charge is 0.306 e. The Morgan fingerprint density at radius 2 is 2.06 bits per heavy atom. The van der Waals surface area contributed by atoms with Gasteiger partial charge in [-0.2, -0.15) is 10.2 Å². The summed E-state index contributed by atoms with van der Waals surface area (Å²) in [7, 11) is 0. The first-order valence-electron chi connectivity index (χ1n) is 5.25. The molecule has 3 aromatic heterocycles. The molecule has 0 fully saturated rings. The average molecular weight is 262 g/mol. The smallest absolute Gasteiger partial charge is 0.276 e. The number of rotatable bonds is 2. The van der Waals surface area contributed by atoms with E-state index in [0.717, 1.165) is 0 Å². The molecule has 3 heterocycles. The molecule has 0 unspecified atom stereocenters.